The van der Waals surface area contributed by atoms with Crippen LogP contribution in [0.1, 0.15) is 11.4 Å². The van der Waals surface area contributed by atoms with Gasteiger partial charge in [-0.2, -0.15) is 5.10 Å². The van der Waals surface area contributed by atoms with E-state index < -0.39 is 0 Å². The number of hydrogen-bond acceptors (Lipinski definition) is 2. The molecule has 13 heavy (non-hydrogen) atoms. The topological polar surface area (TPSA) is 30.2 Å². The lowest BCUT2D eigenvalue weighted by Crippen LogP contribution is -1.94. The zero-order valence-corrected chi connectivity index (χ0v) is 8.69. The van der Waals surface area contributed by atoms with Crippen LogP contribution in [0.4, 0.5) is 0 Å². The molecule has 0 radical (unpaired) electrons. The summed E-state index contributed by atoms with van der Waals surface area (Å²) in [5.74, 6) is 0. The van der Waals surface area contributed by atoms with Crippen molar-refractivity contribution in [3.05, 3.63) is 27.8 Å². The average molecular weight is 216 g/mol. The van der Waals surface area contributed by atoms with E-state index in [0.717, 1.165) is 16.9 Å². The molecule has 3 nitrogen and oxygen atoms in total. The van der Waals surface area contributed by atoms with E-state index in [-0.39, 0.29) is 0 Å². The molecule has 0 aliphatic carbocycles. The van der Waals surface area contributed by atoms with Crippen LogP contribution in [0.15, 0.2) is 6.07 Å². The van der Waals surface area contributed by atoms with Crippen molar-refractivity contribution in [3.8, 4) is 0 Å². The summed E-state index contributed by atoms with van der Waals surface area (Å²) in [7, 11) is 0. The summed E-state index contributed by atoms with van der Waals surface area (Å²) in [6.07, 6.45) is 0. The second-order valence-corrected chi connectivity index (χ2v) is 3.58. The highest BCUT2D eigenvalue weighted by Crippen LogP contribution is 2.23. The Morgan fingerprint density at radius 2 is 2.00 bits per heavy atom. The van der Waals surface area contributed by atoms with Crippen molar-refractivity contribution in [1.29, 1.82) is 0 Å². The third-order valence-electron chi connectivity index (χ3n) is 1.81. The Morgan fingerprint density at radius 3 is 2.69 bits per heavy atom. The predicted molar refractivity (Wildman–Crippen MR) is 52.5 cm³/mol. The highest BCUT2D eigenvalue weighted by atomic mass is 35.5. The fraction of sp³-hybridized carbons (Fsp3) is 0.250. The first-order valence-corrected chi connectivity index (χ1v) is 4.53. The zero-order chi connectivity index (χ0) is 9.59. The van der Waals surface area contributed by atoms with Crippen molar-refractivity contribution < 1.29 is 0 Å². The van der Waals surface area contributed by atoms with E-state index in [1.807, 2.05) is 19.9 Å². The maximum atomic E-state index is 6.02. The SMILES string of the molecule is Cc1cc2c(Cl)c(C)nn2c(Cl)n1. The highest BCUT2D eigenvalue weighted by Gasteiger charge is 2.10. The van der Waals surface area contributed by atoms with Gasteiger partial charge in [0.25, 0.3) is 0 Å². The van der Waals surface area contributed by atoms with Crippen LogP contribution in [0.25, 0.3) is 5.52 Å². The third kappa shape index (κ3) is 1.28. The van der Waals surface area contributed by atoms with Crippen molar-refractivity contribution in [1.82, 2.24) is 14.6 Å². The molecule has 0 spiro atoms. The van der Waals surface area contributed by atoms with E-state index in [2.05, 4.69) is 10.1 Å². The Balaban J connectivity index is 2.94. The highest BCUT2D eigenvalue weighted by molar-refractivity contribution is 6.35. The van der Waals surface area contributed by atoms with Gasteiger partial charge >= 0.3 is 0 Å². The average Bonchev–Trinajstić information content (AvgIpc) is 2.32. The molecule has 0 atom stereocenters. The van der Waals surface area contributed by atoms with Crippen LogP contribution in [-0.2, 0) is 0 Å². The first-order chi connectivity index (χ1) is 6.09. The number of fused-ring (bicyclic) bond motifs is 1. The molecule has 0 aromatic carbocycles. The summed E-state index contributed by atoms with van der Waals surface area (Å²) in [4.78, 5) is 4.06. The molecule has 0 unspecified atom stereocenters. The molecule has 0 N–H and O–H groups in total. The summed E-state index contributed by atoms with van der Waals surface area (Å²) in [5.41, 5.74) is 2.40. The lowest BCUT2D eigenvalue weighted by molar-refractivity contribution is 0.892. The Bertz CT molecular complexity index is 476. The number of aromatic nitrogens is 3. The van der Waals surface area contributed by atoms with Gasteiger partial charge < -0.3 is 0 Å². The summed E-state index contributed by atoms with van der Waals surface area (Å²) >= 11 is 11.9. The molecule has 0 aliphatic rings. The number of nitrogens with zero attached hydrogens (tertiary/aromatic N) is 3. The van der Waals surface area contributed by atoms with Crippen molar-refractivity contribution in [2.75, 3.05) is 0 Å². The van der Waals surface area contributed by atoms with E-state index in [1.54, 1.807) is 0 Å². The minimum Gasteiger partial charge on any atom is -0.223 e. The first-order valence-electron chi connectivity index (χ1n) is 3.77. The van der Waals surface area contributed by atoms with Crippen LogP contribution in [0, 0.1) is 13.8 Å². The van der Waals surface area contributed by atoms with Crippen LogP contribution in [-0.4, -0.2) is 14.6 Å². The van der Waals surface area contributed by atoms with Crippen molar-refractivity contribution >= 4 is 28.7 Å². The maximum absolute atomic E-state index is 6.02. The van der Waals surface area contributed by atoms with Crippen LogP contribution < -0.4 is 0 Å². The number of halogens is 2. The Labute approximate surface area is 85.3 Å². The van der Waals surface area contributed by atoms with Gasteiger partial charge in [-0.15, -0.1) is 0 Å². The number of aryl methyl sites for hydroxylation is 2. The zero-order valence-electron chi connectivity index (χ0n) is 7.17. The van der Waals surface area contributed by atoms with Crippen LogP contribution in [0.3, 0.4) is 0 Å². The fourth-order valence-electron chi connectivity index (χ4n) is 1.21. The van der Waals surface area contributed by atoms with E-state index in [1.165, 1.54) is 4.52 Å². The van der Waals surface area contributed by atoms with Gasteiger partial charge in [-0.3, -0.25) is 0 Å². The molecule has 0 saturated carbocycles. The van der Waals surface area contributed by atoms with Gasteiger partial charge in [-0.05, 0) is 31.5 Å². The second kappa shape index (κ2) is 2.86. The number of hydrogen-bond donors (Lipinski definition) is 0. The van der Waals surface area contributed by atoms with Gasteiger partial charge in [0.05, 0.1) is 16.2 Å². The third-order valence-corrected chi connectivity index (χ3v) is 2.52. The quantitative estimate of drug-likeness (QED) is 0.633. The van der Waals surface area contributed by atoms with Crippen LogP contribution in [0.2, 0.25) is 10.3 Å². The van der Waals surface area contributed by atoms with Crippen molar-refractivity contribution in [2.45, 2.75) is 13.8 Å². The fourth-order valence-corrected chi connectivity index (χ4v) is 1.65. The van der Waals surface area contributed by atoms with E-state index >= 15 is 0 Å². The summed E-state index contributed by atoms with van der Waals surface area (Å²) in [6, 6.07) is 1.86. The van der Waals surface area contributed by atoms with Gasteiger partial charge in [0.1, 0.15) is 0 Å². The van der Waals surface area contributed by atoms with Gasteiger partial charge in [-0.25, -0.2) is 9.50 Å². The van der Waals surface area contributed by atoms with Crippen LogP contribution in [0.5, 0.6) is 0 Å². The molecule has 0 fully saturated rings. The molecule has 2 heterocycles. The van der Waals surface area contributed by atoms with Gasteiger partial charge in [0.15, 0.2) is 0 Å². The molecule has 0 bridgehead atoms. The van der Waals surface area contributed by atoms with E-state index in [4.69, 9.17) is 23.2 Å². The molecule has 68 valence electrons. The molecule has 0 saturated heterocycles. The smallest absolute Gasteiger partial charge is 0.223 e. The van der Waals surface area contributed by atoms with Crippen LogP contribution >= 0.6 is 23.2 Å². The van der Waals surface area contributed by atoms with Crippen molar-refractivity contribution in [3.63, 3.8) is 0 Å². The monoisotopic (exact) mass is 215 g/mol. The normalized spacial score (nSPS) is 11.1. The number of rotatable bonds is 0. The summed E-state index contributed by atoms with van der Waals surface area (Å²) in [5, 5.41) is 5.11. The summed E-state index contributed by atoms with van der Waals surface area (Å²) in [6.45, 7) is 3.70. The largest absolute Gasteiger partial charge is 0.224 e. The Kier molecular flexibility index (Phi) is 1.93. The molecule has 2 aromatic heterocycles. The van der Waals surface area contributed by atoms with E-state index in [0.29, 0.717) is 10.3 Å². The minimum absolute atomic E-state index is 0.338. The Hall–Kier alpha value is -0.800. The van der Waals surface area contributed by atoms with Gasteiger partial charge in [-0.1, -0.05) is 11.6 Å². The molecule has 0 amide bonds. The first kappa shape index (κ1) is 8.78. The second-order valence-electron chi connectivity index (χ2n) is 2.86. The molecule has 2 aromatic rings. The molecule has 0 aliphatic heterocycles. The maximum Gasteiger partial charge on any atom is 0.224 e. The minimum atomic E-state index is 0.338. The lowest BCUT2D eigenvalue weighted by Gasteiger charge is -1.97. The molecule has 2 rings (SSSR count). The molecular formula is C8H7Cl2N3. The Morgan fingerprint density at radius 1 is 1.31 bits per heavy atom. The van der Waals surface area contributed by atoms with Gasteiger partial charge in [0, 0.05) is 5.69 Å². The standard InChI is InChI=1S/C8H7Cl2N3/c1-4-3-6-7(9)5(2)12-13(6)8(10)11-4/h3H,1-2H3. The van der Waals surface area contributed by atoms with E-state index in [9.17, 15) is 0 Å². The lowest BCUT2D eigenvalue weighted by atomic mass is 10.3. The predicted octanol–water partition coefficient (Wildman–Crippen LogP) is 2.65. The summed E-state index contributed by atoms with van der Waals surface area (Å²) < 4.78 is 1.53. The molecule has 5 heteroatoms. The molecular weight excluding hydrogens is 209 g/mol. The van der Waals surface area contributed by atoms with Gasteiger partial charge in [0.2, 0.25) is 5.28 Å². The van der Waals surface area contributed by atoms with Crippen molar-refractivity contribution in [2.24, 2.45) is 0 Å².